The van der Waals surface area contributed by atoms with Gasteiger partial charge in [0.15, 0.2) is 0 Å². The molecular weight excluding hydrogens is 277 g/mol. The minimum absolute atomic E-state index is 0.282. The summed E-state index contributed by atoms with van der Waals surface area (Å²) in [5, 5.41) is 0. The maximum absolute atomic E-state index is 13.6. The van der Waals surface area contributed by atoms with Gasteiger partial charge in [0.05, 0.1) is 0 Å². The summed E-state index contributed by atoms with van der Waals surface area (Å²) in [6.45, 7) is 0. The van der Waals surface area contributed by atoms with Gasteiger partial charge in [0.1, 0.15) is 10.7 Å². The molecule has 0 saturated carbocycles. The lowest BCUT2D eigenvalue weighted by Gasteiger charge is -2.14. The molecule has 2 aromatic carbocycles. The van der Waals surface area contributed by atoms with E-state index < -0.39 is 15.8 Å². The molecule has 2 aromatic rings. The summed E-state index contributed by atoms with van der Waals surface area (Å²) in [6.07, 6.45) is 1.54. The van der Waals surface area contributed by atoms with Gasteiger partial charge in [0.25, 0.3) is 0 Å². The molecule has 1 aliphatic rings. The molecule has 0 heterocycles. The Balaban J connectivity index is 1.91. The fraction of sp³-hybridized carbons (Fsp3) is 0.200. The monoisotopic (exact) mass is 291 g/mol. The quantitative estimate of drug-likeness (QED) is 0.945. The molecule has 0 radical (unpaired) electrons. The lowest BCUT2D eigenvalue weighted by atomic mass is 10.1. The Labute approximate surface area is 117 Å². The van der Waals surface area contributed by atoms with Gasteiger partial charge in [0.2, 0.25) is 10.0 Å². The van der Waals surface area contributed by atoms with E-state index in [0.29, 0.717) is 6.42 Å². The summed E-state index contributed by atoms with van der Waals surface area (Å²) in [5.74, 6) is -0.730. The molecule has 1 atom stereocenters. The first-order valence-electron chi connectivity index (χ1n) is 6.42. The first-order valence-corrected chi connectivity index (χ1v) is 7.91. The Hall–Kier alpha value is -1.72. The molecule has 0 aromatic heterocycles. The maximum atomic E-state index is 13.6. The second-order valence-electron chi connectivity index (χ2n) is 4.84. The Bertz CT molecular complexity index is 743. The molecule has 0 bridgehead atoms. The van der Waals surface area contributed by atoms with Crippen molar-refractivity contribution in [2.75, 3.05) is 0 Å². The van der Waals surface area contributed by atoms with E-state index in [1.54, 1.807) is 0 Å². The summed E-state index contributed by atoms with van der Waals surface area (Å²) >= 11 is 0. The predicted octanol–water partition coefficient (Wildman–Crippen LogP) is 2.79. The summed E-state index contributed by atoms with van der Waals surface area (Å²) in [4.78, 5) is -0.301. The van der Waals surface area contributed by atoms with Crippen LogP contribution in [0.15, 0.2) is 53.4 Å². The number of nitrogens with one attached hydrogen (secondary N) is 1. The molecular formula is C15H14FNO2S. The van der Waals surface area contributed by atoms with Crippen molar-refractivity contribution in [3.05, 3.63) is 65.5 Å². The number of hydrogen-bond donors (Lipinski definition) is 1. The first kappa shape index (κ1) is 13.3. The SMILES string of the molecule is O=S(=O)(NC1CCc2ccccc21)c1ccccc1F. The fourth-order valence-electron chi connectivity index (χ4n) is 2.59. The highest BCUT2D eigenvalue weighted by molar-refractivity contribution is 7.89. The summed E-state index contributed by atoms with van der Waals surface area (Å²) < 4.78 is 40.8. The van der Waals surface area contributed by atoms with E-state index in [1.165, 1.54) is 18.2 Å². The zero-order chi connectivity index (χ0) is 14.2. The van der Waals surface area contributed by atoms with Crippen LogP contribution in [-0.4, -0.2) is 8.42 Å². The summed E-state index contributed by atoms with van der Waals surface area (Å²) in [6, 6.07) is 12.9. The number of hydrogen-bond acceptors (Lipinski definition) is 2. The molecule has 1 aliphatic carbocycles. The maximum Gasteiger partial charge on any atom is 0.244 e. The van der Waals surface area contributed by atoms with Crippen molar-refractivity contribution in [1.29, 1.82) is 0 Å². The lowest BCUT2D eigenvalue weighted by Crippen LogP contribution is -2.28. The van der Waals surface area contributed by atoms with Crippen LogP contribution in [0.25, 0.3) is 0 Å². The zero-order valence-corrected chi connectivity index (χ0v) is 11.5. The minimum Gasteiger partial charge on any atom is -0.207 e. The Morgan fingerprint density at radius 1 is 1.05 bits per heavy atom. The first-order chi connectivity index (χ1) is 9.58. The van der Waals surface area contributed by atoms with Gasteiger partial charge >= 0.3 is 0 Å². The molecule has 0 fully saturated rings. The fourth-order valence-corrected chi connectivity index (χ4v) is 3.92. The molecule has 0 aliphatic heterocycles. The third-order valence-electron chi connectivity index (χ3n) is 3.56. The van der Waals surface area contributed by atoms with E-state index in [-0.39, 0.29) is 10.9 Å². The lowest BCUT2D eigenvalue weighted by molar-refractivity contribution is 0.538. The number of fused-ring (bicyclic) bond motifs is 1. The van der Waals surface area contributed by atoms with Gasteiger partial charge in [-0.05, 0) is 36.1 Å². The molecule has 3 nitrogen and oxygen atoms in total. The van der Waals surface area contributed by atoms with Crippen LogP contribution in [0.2, 0.25) is 0 Å². The largest absolute Gasteiger partial charge is 0.244 e. The molecule has 0 amide bonds. The Morgan fingerprint density at radius 3 is 2.55 bits per heavy atom. The van der Waals surface area contributed by atoms with Crippen LogP contribution in [-0.2, 0) is 16.4 Å². The van der Waals surface area contributed by atoms with Crippen molar-refractivity contribution >= 4 is 10.0 Å². The van der Waals surface area contributed by atoms with Crippen LogP contribution in [0.3, 0.4) is 0 Å². The second-order valence-corrected chi connectivity index (χ2v) is 6.52. The highest BCUT2D eigenvalue weighted by atomic mass is 32.2. The van der Waals surface area contributed by atoms with Crippen LogP contribution in [0.1, 0.15) is 23.6 Å². The van der Waals surface area contributed by atoms with Crippen LogP contribution in [0, 0.1) is 5.82 Å². The van der Waals surface area contributed by atoms with Crippen molar-refractivity contribution in [2.45, 2.75) is 23.8 Å². The Kier molecular flexibility index (Phi) is 3.31. The van der Waals surface area contributed by atoms with E-state index in [2.05, 4.69) is 4.72 Å². The average Bonchev–Trinajstić information content (AvgIpc) is 2.82. The van der Waals surface area contributed by atoms with Gasteiger partial charge in [0, 0.05) is 6.04 Å². The van der Waals surface area contributed by atoms with Gasteiger partial charge in [-0.15, -0.1) is 0 Å². The standard InChI is InChI=1S/C15H14FNO2S/c16-13-7-3-4-8-15(13)20(18,19)17-14-10-9-11-5-1-2-6-12(11)14/h1-8,14,17H,9-10H2. The van der Waals surface area contributed by atoms with Crippen molar-refractivity contribution in [3.63, 3.8) is 0 Å². The smallest absolute Gasteiger partial charge is 0.207 e. The third kappa shape index (κ3) is 2.34. The van der Waals surface area contributed by atoms with Crippen molar-refractivity contribution in [1.82, 2.24) is 4.72 Å². The van der Waals surface area contributed by atoms with E-state index in [1.807, 2.05) is 24.3 Å². The molecule has 0 spiro atoms. The topological polar surface area (TPSA) is 46.2 Å². The predicted molar refractivity (Wildman–Crippen MR) is 74.2 cm³/mol. The van der Waals surface area contributed by atoms with Crippen molar-refractivity contribution < 1.29 is 12.8 Å². The number of halogens is 1. The van der Waals surface area contributed by atoms with Crippen LogP contribution < -0.4 is 4.72 Å². The highest BCUT2D eigenvalue weighted by Crippen LogP contribution is 2.32. The molecule has 0 saturated heterocycles. The zero-order valence-electron chi connectivity index (χ0n) is 10.7. The van der Waals surface area contributed by atoms with E-state index >= 15 is 0 Å². The molecule has 20 heavy (non-hydrogen) atoms. The van der Waals surface area contributed by atoms with E-state index in [9.17, 15) is 12.8 Å². The van der Waals surface area contributed by atoms with Crippen LogP contribution in [0.5, 0.6) is 0 Å². The minimum atomic E-state index is -3.84. The molecule has 1 N–H and O–H groups in total. The molecule has 5 heteroatoms. The normalized spacial score (nSPS) is 17.9. The van der Waals surface area contributed by atoms with Crippen LogP contribution in [0.4, 0.5) is 4.39 Å². The highest BCUT2D eigenvalue weighted by Gasteiger charge is 2.28. The second kappa shape index (κ2) is 5.00. The van der Waals surface area contributed by atoms with Crippen molar-refractivity contribution in [3.8, 4) is 0 Å². The van der Waals surface area contributed by atoms with E-state index in [0.717, 1.165) is 23.6 Å². The van der Waals surface area contributed by atoms with Gasteiger partial charge in [-0.3, -0.25) is 0 Å². The van der Waals surface area contributed by atoms with Crippen LogP contribution >= 0.6 is 0 Å². The number of rotatable bonds is 3. The van der Waals surface area contributed by atoms with Crippen molar-refractivity contribution in [2.24, 2.45) is 0 Å². The van der Waals surface area contributed by atoms with Gasteiger partial charge in [-0.25, -0.2) is 17.5 Å². The summed E-state index contributed by atoms with van der Waals surface area (Å²) in [7, 11) is -3.84. The van der Waals surface area contributed by atoms with Gasteiger partial charge < -0.3 is 0 Å². The number of benzene rings is 2. The molecule has 104 valence electrons. The molecule has 3 rings (SSSR count). The van der Waals surface area contributed by atoms with Gasteiger partial charge in [-0.1, -0.05) is 36.4 Å². The summed E-state index contributed by atoms with van der Waals surface area (Å²) in [5.41, 5.74) is 2.13. The number of sulfonamides is 1. The molecule has 1 unspecified atom stereocenters. The average molecular weight is 291 g/mol. The Morgan fingerprint density at radius 2 is 1.75 bits per heavy atom. The van der Waals surface area contributed by atoms with Gasteiger partial charge in [-0.2, -0.15) is 0 Å². The third-order valence-corrected chi connectivity index (χ3v) is 5.06. The number of aryl methyl sites for hydroxylation is 1. The van der Waals surface area contributed by atoms with E-state index in [4.69, 9.17) is 0 Å².